The Morgan fingerprint density at radius 1 is 0.833 bits per heavy atom. The number of rotatable bonds is 9. The third-order valence-corrected chi connectivity index (χ3v) is 6.40. The van der Waals surface area contributed by atoms with Gasteiger partial charge in [0.2, 0.25) is 0 Å². The van der Waals surface area contributed by atoms with E-state index in [1.54, 1.807) is 0 Å². The van der Waals surface area contributed by atoms with Crippen molar-refractivity contribution in [3.05, 3.63) is 68.6 Å². The van der Waals surface area contributed by atoms with E-state index in [0.29, 0.717) is 12.8 Å². The first kappa shape index (κ1) is 22.0. The molecule has 0 aliphatic carbocycles. The molecule has 0 saturated carbocycles. The number of hydrogen-bond donors (Lipinski definition) is 3. The second-order valence-electron chi connectivity index (χ2n) is 8.18. The molecule has 0 atom stereocenters. The van der Waals surface area contributed by atoms with E-state index in [-0.39, 0.29) is 5.97 Å². The van der Waals surface area contributed by atoms with Gasteiger partial charge in [-0.2, -0.15) is 0 Å². The fraction of sp³-hybridized carbons (Fsp3) is 0.480. The van der Waals surface area contributed by atoms with Gasteiger partial charge in [0, 0.05) is 54.4 Å². The summed E-state index contributed by atoms with van der Waals surface area (Å²) in [5.74, 6) is -0.165. The van der Waals surface area contributed by atoms with Gasteiger partial charge >= 0.3 is 5.97 Å². The summed E-state index contributed by atoms with van der Waals surface area (Å²) in [4.78, 5) is 22.4. The molecule has 3 heterocycles. The smallest absolute Gasteiger partial charge is 0.305 e. The monoisotopic (exact) mass is 409 g/mol. The molecule has 0 aromatic carbocycles. The summed E-state index contributed by atoms with van der Waals surface area (Å²) in [6.07, 6.45) is 8.97. The first-order valence-corrected chi connectivity index (χ1v) is 11.0. The van der Waals surface area contributed by atoms with Crippen molar-refractivity contribution >= 4 is 5.97 Å². The van der Waals surface area contributed by atoms with Crippen LogP contribution in [0.5, 0.6) is 0 Å². The van der Waals surface area contributed by atoms with Crippen molar-refractivity contribution in [2.45, 2.75) is 73.1 Å². The molecular weight excluding hydrogens is 374 g/mol. The summed E-state index contributed by atoms with van der Waals surface area (Å²) in [5, 5.41) is 0. The molecule has 0 fully saturated rings. The van der Waals surface area contributed by atoms with Crippen LogP contribution in [0.4, 0.5) is 0 Å². The van der Waals surface area contributed by atoms with Crippen LogP contribution in [-0.4, -0.2) is 28.0 Å². The van der Waals surface area contributed by atoms with Gasteiger partial charge in [-0.25, -0.2) is 0 Å². The predicted octanol–water partition coefficient (Wildman–Crippen LogP) is 5.01. The van der Waals surface area contributed by atoms with E-state index in [1.165, 1.54) is 63.3 Å². The lowest BCUT2D eigenvalue weighted by atomic mass is 9.98. The molecule has 0 saturated heterocycles. The number of hydrogen-bond acceptors (Lipinski definition) is 2. The first-order chi connectivity index (χ1) is 14.4. The number of carbonyl (C=O) groups is 1. The highest BCUT2D eigenvalue weighted by Gasteiger charge is 2.19. The molecule has 5 nitrogen and oxygen atoms in total. The summed E-state index contributed by atoms with van der Waals surface area (Å²) >= 11 is 0. The Morgan fingerprint density at radius 2 is 1.37 bits per heavy atom. The molecule has 3 aromatic heterocycles. The van der Waals surface area contributed by atoms with Gasteiger partial charge in [0.15, 0.2) is 0 Å². The van der Waals surface area contributed by atoms with Crippen LogP contribution in [0, 0.1) is 20.8 Å². The van der Waals surface area contributed by atoms with Gasteiger partial charge in [-0.05, 0) is 73.4 Å². The number of H-pyrrole nitrogens is 3. The molecule has 0 unspecified atom stereocenters. The highest BCUT2D eigenvalue weighted by molar-refractivity contribution is 5.69. The lowest BCUT2D eigenvalue weighted by molar-refractivity contribution is -0.140. The molecule has 3 N–H and O–H groups in total. The highest BCUT2D eigenvalue weighted by Crippen LogP contribution is 2.27. The molecule has 0 radical (unpaired) electrons. The third-order valence-electron chi connectivity index (χ3n) is 6.40. The van der Waals surface area contributed by atoms with Crippen LogP contribution in [0.15, 0.2) is 12.4 Å². The Labute approximate surface area is 179 Å². The number of nitrogens with one attached hydrogen (secondary N) is 3. The minimum atomic E-state index is -0.165. The van der Waals surface area contributed by atoms with Gasteiger partial charge in [-0.1, -0.05) is 13.8 Å². The number of methoxy groups -OCH3 is 1. The normalized spacial score (nSPS) is 11.3. The van der Waals surface area contributed by atoms with Gasteiger partial charge in [0.25, 0.3) is 0 Å². The second-order valence-corrected chi connectivity index (χ2v) is 8.18. The fourth-order valence-corrected chi connectivity index (χ4v) is 4.62. The van der Waals surface area contributed by atoms with Crippen LogP contribution in [0.3, 0.4) is 0 Å². The lowest BCUT2D eigenvalue weighted by Crippen LogP contribution is -2.04. The molecule has 0 aliphatic heterocycles. The summed E-state index contributed by atoms with van der Waals surface area (Å²) in [5.41, 5.74) is 12.9. The number of ether oxygens (including phenoxy) is 1. The van der Waals surface area contributed by atoms with Crippen LogP contribution in [0.1, 0.15) is 76.4 Å². The Bertz CT molecular complexity index is 1020. The molecule has 162 valence electrons. The van der Waals surface area contributed by atoms with E-state index < -0.39 is 0 Å². The van der Waals surface area contributed by atoms with Crippen LogP contribution < -0.4 is 0 Å². The zero-order valence-corrected chi connectivity index (χ0v) is 19.2. The zero-order chi connectivity index (χ0) is 21.8. The maximum atomic E-state index is 11.8. The molecule has 0 amide bonds. The summed E-state index contributed by atoms with van der Waals surface area (Å²) in [6.45, 7) is 10.9. The van der Waals surface area contributed by atoms with E-state index in [1.807, 2.05) is 0 Å². The average molecular weight is 410 g/mol. The Hall–Kier alpha value is -2.69. The first-order valence-electron chi connectivity index (χ1n) is 11.0. The van der Waals surface area contributed by atoms with Gasteiger partial charge in [-0.15, -0.1) is 0 Å². The predicted molar refractivity (Wildman–Crippen MR) is 121 cm³/mol. The molecular formula is C25H35N3O2. The van der Waals surface area contributed by atoms with Crippen molar-refractivity contribution < 1.29 is 9.53 Å². The Kier molecular flexibility index (Phi) is 6.91. The number of aromatic amines is 3. The van der Waals surface area contributed by atoms with Crippen LogP contribution >= 0.6 is 0 Å². The van der Waals surface area contributed by atoms with Crippen molar-refractivity contribution in [3.8, 4) is 0 Å². The van der Waals surface area contributed by atoms with Gasteiger partial charge < -0.3 is 19.7 Å². The number of aromatic nitrogens is 3. The van der Waals surface area contributed by atoms with Crippen molar-refractivity contribution in [1.82, 2.24) is 15.0 Å². The molecule has 3 aromatic rings. The van der Waals surface area contributed by atoms with E-state index in [0.717, 1.165) is 25.7 Å². The average Bonchev–Trinajstić information content (AvgIpc) is 3.36. The molecule has 30 heavy (non-hydrogen) atoms. The minimum Gasteiger partial charge on any atom is -0.469 e. The molecule has 0 aliphatic rings. The second kappa shape index (κ2) is 9.41. The lowest BCUT2D eigenvalue weighted by Gasteiger charge is -2.07. The Balaban J connectivity index is 1.96. The molecule has 0 bridgehead atoms. The maximum absolute atomic E-state index is 11.8. The van der Waals surface area contributed by atoms with Crippen molar-refractivity contribution in [2.24, 2.45) is 0 Å². The van der Waals surface area contributed by atoms with E-state index in [2.05, 4.69) is 62.0 Å². The molecule has 0 spiro atoms. The molecule has 3 rings (SSSR count). The molecule has 5 heteroatoms. The summed E-state index contributed by atoms with van der Waals surface area (Å²) in [6, 6.07) is 0. The fourth-order valence-electron chi connectivity index (χ4n) is 4.62. The summed E-state index contributed by atoms with van der Waals surface area (Å²) < 4.78 is 4.88. The van der Waals surface area contributed by atoms with E-state index in [9.17, 15) is 4.79 Å². The number of aryl methyl sites for hydroxylation is 2. The van der Waals surface area contributed by atoms with Gasteiger partial charge in [0.1, 0.15) is 0 Å². The van der Waals surface area contributed by atoms with Crippen LogP contribution in [0.25, 0.3) is 0 Å². The number of esters is 1. The standard InChI is InChI=1S/C25H35N3O2/c1-7-18-15(3)13-26-22(18)11-21-17(5)20(9-10-25(29)30-6)24(28-21)12-23-19(8-2)16(4)14-27-23/h13-14,26-28H,7-12H2,1-6H3. The van der Waals surface area contributed by atoms with Crippen LogP contribution in [-0.2, 0) is 41.6 Å². The largest absolute Gasteiger partial charge is 0.469 e. The van der Waals surface area contributed by atoms with Crippen molar-refractivity contribution in [2.75, 3.05) is 7.11 Å². The van der Waals surface area contributed by atoms with E-state index >= 15 is 0 Å². The van der Waals surface area contributed by atoms with Crippen molar-refractivity contribution in [3.63, 3.8) is 0 Å². The minimum absolute atomic E-state index is 0.165. The van der Waals surface area contributed by atoms with Gasteiger partial charge in [-0.3, -0.25) is 4.79 Å². The topological polar surface area (TPSA) is 73.7 Å². The van der Waals surface area contributed by atoms with Crippen LogP contribution in [0.2, 0.25) is 0 Å². The van der Waals surface area contributed by atoms with E-state index in [4.69, 9.17) is 4.74 Å². The Morgan fingerprint density at radius 3 is 1.87 bits per heavy atom. The van der Waals surface area contributed by atoms with Gasteiger partial charge in [0.05, 0.1) is 7.11 Å². The zero-order valence-electron chi connectivity index (χ0n) is 19.2. The quantitative estimate of drug-likeness (QED) is 0.435. The number of carbonyl (C=O) groups excluding carboxylic acids is 1. The highest BCUT2D eigenvalue weighted by atomic mass is 16.5. The SMILES string of the molecule is CCc1c(C)c[nH]c1Cc1[nH]c(Cc2[nH]cc(C)c2CC)c(CCC(=O)OC)c1C. The summed E-state index contributed by atoms with van der Waals surface area (Å²) in [7, 11) is 1.45. The van der Waals surface area contributed by atoms with Crippen molar-refractivity contribution in [1.29, 1.82) is 0 Å². The third kappa shape index (κ3) is 4.40. The maximum Gasteiger partial charge on any atom is 0.305 e.